The summed E-state index contributed by atoms with van der Waals surface area (Å²) in [7, 11) is 0. The topological polar surface area (TPSA) is 97.5 Å². The zero-order valence-electron chi connectivity index (χ0n) is 17.2. The highest BCUT2D eigenvalue weighted by molar-refractivity contribution is 7.13. The van der Waals surface area contributed by atoms with Crippen molar-refractivity contribution in [2.45, 2.75) is 26.3 Å². The van der Waals surface area contributed by atoms with Crippen LogP contribution in [0.4, 0.5) is 10.9 Å². The number of hydrogen-bond donors (Lipinski definition) is 1. The molecule has 1 aliphatic rings. The van der Waals surface area contributed by atoms with Gasteiger partial charge < -0.3 is 20.3 Å². The third kappa shape index (κ3) is 4.08. The number of nitrogens with two attached hydrogens (primary N) is 1. The van der Waals surface area contributed by atoms with Crippen molar-refractivity contribution in [1.29, 1.82) is 0 Å². The normalized spacial score (nSPS) is 15.4. The van der Waals surface area contributed by atoms with Crippen molar-refractivity contribution in [1.82, 2.24) is 15.0 Å². The summed E-state index contributed by atoms with van der Waals surface area (Å²) in [5, 5.41) is 3.64. The number of fused-ring (bicyclic) bond motifs is 1. The Balaban J connectivity index is 1.53. The molecule has 0 spiro atoms. The Morgan fingerprint density at radius 3 is 2.60 bits per heavy atom. The smallest absolute Gasteiger partial charge is 0.357 e. The summed E-state index contributed by atoms with van der Waals surface area (Å²) >= 11 is 1.47. The maximum atomic E-state index is 11.9. The van der Waals surface area contributed by atoms with Gasteiger partial charge in [0.2, 0.25) is 0 Å². The number of benzene rings is 1. The second-order valence-corrected chi connectivity index (χ2v) is 7.98. The predicted octanol–water partition coefficient (Wildman–Crippen LogP) is 3.00. The van der Waals surface area contributed by atoms with Crippen molar-refractivity contribution in [3.63, 3.8) is 0 Å². The minimum Gasteiger partial charge on any atom is -0.461 e. The van der Waals surface area contributed by atoms with E-state index in [1.54, 1.807) is 12.3 Å². The standard InChI is InChI=1S/C21H26N6O2S/c1-3-15(22)18-23-16-8-6-5-7-14(16)19(25-18)26-9-11-27(12-10-26)21-24-17(13-30-21)20(28)29-4-2/h5-8,13,15H,3-4,9-12,22H2,1-2H3/t15-/m0/s1. The van der Waals surface area contributed by atoms with E-state index in [0.717, 1.165) is 54.5 Å². The second-order valence-electron chi connectivity index (χ2n) is 7.15. The molecule has 0 radical (unpaired) electrons. The average molecular weight is 427 g/mol. The molecule has 0 saturated carbocycles. The molecule has 4 rings (SSSR count). The van der Waals surface area contributed by atoms with Gasteiger partial charge >= 0.3 is 5.97 Å². The van der Waals surface area contributed by atoms with Crippen molar-refractivity contribution in [3.8, 4) is 0 Å². The lowest BCUT2D eigenvalue weighted by atomic mass is 10.1. The third-order valence-corrected chi connectivity index (χ3v) is 6.10. The van der Waals surface area contributed by atoms with Crippen LogP contribution in [0.2, 0.25) is 0 Å². The van der Waals surface area contributed by atoms with Crippen LogP contribution < -0.4 is 15.5 Å². The van der Waals surface area contributed by atoms with Crippen LogP contribution in [0.1, 0.15) is 42.6 Å². The number of hydrogen-bond acceptors (Lipinski definition) is 9. The van der Waals surface area contributed by atoms with Crippen LogP contribution in [0.25, 0.3) is 10.9 Å². The molecule has 1 fully saturated rings. The molecule has 2 aromatic heterocycles. The van der Waals surface area contributed by atoms with Crippen LogP contribution in [0.5, 0.6) is 0 Å². The van der Waals surface area contributed by atoms with Gasteiger partial charge in [0.25, 0.3) is 0 Å². The van der Waals surface area contributed by atoms with Crippen LogP contribution in [0.15, 0.2) is 29.6 Å². The predicted molar refractivity (Wildman–Crippen MR) is 119 cm³/mol. The molecule has 2 N–H and O–H groups in total. The molecule has 0 bridgehead atoms. The number of rotatable bonds is 6. The number of nitrogens with zero attached hydrogens (tertiary/aromatic N) is 5. The van der Waals surface area contributed by atoms with Crippen molar-refractivity contribution < 1.29 is 9.53 Å². The van der Waals surface area contributed by atoms with E-state index in [9.17, 15) is 4.79 Å². The molecule has 30 heavy (non-hydrogen) atoms. The number of thiazole rings is 1. The fourth-order valence-corrected chi connectivity index (χ4v) is 4.33. The summed E-state index contributed by atoms with van der Waals surface area (Å²) in [5.41, 5.74) is 7.53. The first-order valence-electron chi connectivity index (χ1n) is 10.3. The van der Waals surface area contributed by atoms with Gasteiger partial charge in [-0.05, 0) is 25.5 Å². The molecule has 0 aliphatic carbocycles. The van der Waals surface area contributed by atoms with Gasteiger partial charge in [-0.15, -0.1) is 11.3 Å². The lowest BCUT2D eigenvalue weighted by Crippen LogP contribution is -2.47. The summed E-state index contributed by atoms with van der Waals surface area (Å²) in [6.45, 7) is 7.38. The van der Waals surface area contributed by atoms with Crippen LogP contribution in [-0.4, -0.2) is 53.7 Å². The van der Waals surface area contributed by atoms with Crippen LogP contribution in [0, 0.1) is 0 Å². The largest absolute Gasteiger partial charge is 0.461 e. The van der Waals surface area contributed by atoms with Gasteiger partial charge in [0.05, 0.1) is 18.2 Å². The molecule has 0 unspecified atom stereocenters. The number of carbonyl (C=O) groups excluding carboxylic acids is 1. The molecule has 1 aliphatic heterocycles. The SMILES string of the molecule is CCOC(=O)c1csc(N2CCN(c3nc([C@@H](N)CC)nc4ccccc34)CC2)n1. The molecule has 8 nitrogen and oxygen atoms in total. The van der Waals surface area contributed by atoms with Crippen molar-refractivity contribution in [2.24, 2.45) is 5.73 Å². The lowest BCUT2D eigenvalue weighted by molar-refractivity contribution is 0.0520. The van der Waals surface area contributed by atoms with E-state index in [-0.39, 0.29) is 12.0 Å². The van der Waals surface area contributed by atoms with Gasteiger partial charge in [-0.1, -0.05) is 19.1 Å². The fraction of sp³-hybridized carbons (Fsp3) is 0.429. The molecule has 158 valence electrons. The monoisotopic (exact) mass is 426 g/mol. The van der Waals surface area contributed by atoms with E-state index in [2.05, 4.69) is 25.8 Å². The van der Waals surface area contributed by atoms with E-state index in [0.29, 0.717) is 18.1 Å². The Morgan fingerprint density at radius 2 is 1.87 bits per heavy atom. The molecule has 1 aromatic carbocycles. The molecule has 3 heterocycles. The number of para-hydroxylation sites is 1. The summed E-state index contributed by atoms with van der Waals surface area (Å²) in [6.07, 6.45) is 0.790. The average Bonchev–Trinajstić information content (AvgIpc) is 3.28. The Hall–Kier alpha value is -2.78. The summed E-state index contributed by atoms with van der Waals surface area (Å²) in [4.78, 5) is 30.3. The van der Waals surface area contributed by atoms with Crippen LogP contribution >= 0.6 is 11.3 Å². The third-order valence-electron chi connectivity index (χ3n) is 5.20. The van der Waals surface area contributed by atoms with Crippen LogP contribution in [-0.2, 0) is 4.74 Å². The Kier molecular flexibility index (Phi) is 6.10. The van der Waals surface area contributed by atoms with Crippen molar-refractivity contribution in [3.05, 3.63) is 41.2 Å². The number of carbonyl (C=O) groups is 1. The van der Waals surface area contributed by atoms with E-state index in [1.165, 1.54) is 11.3 Å². The molecule has 3 aromatic rings. The summed E-state index contributed by atoms with van der Waals surface area (Å²) < 4.78 is 5.04. The minimum absolute atomic E-state index is 0.175. The Labute approximate surface area is 179 Å². The second kappa shape index (κ2) is 8.93. The Bertz CT molecular complexity index is 1030. The molecule has 1 atom stereocenters. The number of anilines is 2. The van der Waals surface area contributed by atoms with E-state index in [1.807, 2.05) is 25.1 Å². The van der Waals surface area contributed by atoms with Crippen molar-refractivity contribution in [2.75, 3.05) is 42.6 Å². The highest BCUT2D eigenvalue weighted by Gasteiger charge is 2.24. The number of piperazine rings is 1. The fourth-order valence-electron chi connectivity index (χ4n) is 3.48. The van der Waals surface area contributed by atoms with E-state index < -0.39 is 0 Å². The van der Waals surface area contributed by atoms with E-state index >= 15 is 0 Å². The maximum absolute atomic E-state index is 11.9. The van der Waals surface area contributed by atoms with Crippen LogP contribution in [0.3, 0.4) is 0 Å². The first-order valence-corrected chi connectivity index (χ1v) is 11.1. The number of esters is 1. The highest BCUT2D eigenvalue weighted by atomic mass is 32.1. The minimum atomic E-state index is -0.370. The molecule has 9 heteroatoms. The lowest BCUT2D eigenvalue weighted by Gasteiger charge is -2.36. The molecule has 1 saturated heterocycles. The molecular formula is C21H26N6O2S. The van der Waals surface area contributed by atoms with Gasteiger partial charge in [-0.2, -0.15) is 0 Å². The number of ether oxygens (including phenoxy) is 1. The van der Waals surface area contributed by atoms with Crippen molar-refractivity contribution >= 4 is 39.2 Å². The Morgan fingerprint density at radius 1 is 1.13 bits per heavy atom. The first-order chi connectivity index (χ1) is 14.6. The summed E-state index contributed by atoms with van der Waals surface area (Å²) in [6, 6.07) is 7.89. The zero-order valence-corrected chi connectivity index (χ0v) is 18.1. The zero-order chi connectivity index (χ0) is 21.1. The van der Waals surface area contributed by atoms with Gasteiger partial charge in [0.1, 0.15) is 11.6 Å². The highest BCUT2D eigenvalue weighted by Crippen LogP contribution is 2.28. The first kappa shape index (κ1) is 20.5. The number of aromatic nitrogens is 3. The quantitative estimate of drug-likeness (QED) is 0.601. The molecule has 0 amide bonds. The summed E-state index contributed by atoms with van der Waals surface area (Å²) in [5.74, 6) is 1.25. The van der Waals surface area contributed by atoms with Gasteiger partial charge in [0.15, 0.2) is 10.8 Å². The van der Waals surface area contributed by atoms with Gasteiger partial charge in [-0.25, -0.2) is 19.7 Å². The van der Waals surface area contributed by atoms with E-state index in [4.69, 9.17) is 15.5 Å². The van der Waals surface area contributed by atoms with Gasteiger partial charge in [0, 0.05) is 36.9 Å². The van der Waals surface area contributed by atoms with Gasteiger partial charge in [-0.3, -0.25) is 0 Å². The maximum Gasteiger partial charge on any atom is 0.357 e. The molecular weight excluding hydrogens is 400 g/mol.